The molecule has 5 heteroatoms. The summed E-state index contributed by atoms with van der Waals surface area (Å²) in [5, 5.41) is 3.20. The van der Waals surface area contributed by atoms with Gasteiger partial charge in [-0.25, -0.2) is 4.98 Å². The molecule has 1 N–H and O–H groups in total. The van der Waals surface area contributed by atoms with E-state index in [4.69, 9.17) is 4.74 Å². The molecular weight excluding hydrogens is 290 g/mol. The Kier molecular flexibility index (Phi) is 6.56. The zero-order valence-electron chi connectivity index (χ0n) is 13.7. The lowest BCUT2D eigenvalue weighted by atomic mass is 10.2. The molecular formula is C18H23N3O2. The van der Waals surface area contributed by atoms with Crippen LogP contribution in [-0.2, 0) is 4.74 Å². The number of pyridine rings is 1. The average molecular weight is 313 g/mol. The highest BCUT2D eigenvalue weighted by Crippen LogP contribution is 2.17. The minimum atomic E-state index is -0.0443. The number of aromatic nitrogens is 1. The molecule has 2 rings (SSSR count). The van der Waals surface area contributed by atoms with Crippen LogP contribution in [0, 0.1) is 0 Å². The van der Waals surface area contributed by atoms with Gasteiger partial charge in [0.25, 0.3) is 5.91 Å². The lowest BCUT2D eigenvalue weighted by Crippen LogP contribution is -2.30. The zero-order valence-corrected chi connectivity index (χ0v) is 13.7. The summed E-state index contributed by atoms with van der Waals surface area (Å²) in [6.45, 7) is 4.08. The highest BCUT2D eigenvalue weighted by Gasteiger charge is 2.16. The highest BCUT2D eigenvalue weighted by atomic mass is 16.5. The van der Waals surface area contributed by atoms with Crippen LogP contribution in [0.2, 0.25) is 0 Å². The monoisotopic (exact) mass is 313 g/mol. The van der Waals surface area contributed by atoms with Crippen molar-refractivity contribution < 1.29 is 9.53 Å². The molecule has 0 saturated carbocycles. The highest BCUT2D eigenvalue weighted by molar-refractivity contribution is 6.05. The summed E-state index contributed by atoms with van der Waals surface area (Å²) < 4.78 is 5.00. The maximum Gasteiger partial charge on any atom is 0.259 e. The van der Waals surface area contributed by atoms with Gasteiger partial charge in [-0.1, -0.05) is 18.2 Å². The van der Waals surface area contributed by atoms with Crippen LogP contribution in [0.1, 0.15) is 23.7 Å². The van der Waals surface area contributed by atoms with Gasteiger partial charge < -0.3 is 15.0 Å². The molecule has 2 aromatic rings. The summed E-state index contributed by atoms with van der Waals surface area (Å²) in [6.07, 6.45) is 2.53. The summed E-state index contributed by atoms with van der Waals surface area (Å²) in [7, 11) is 1.69. The molecule has 0 aliphatic rings. The van der Waals surface area contributed by atoms with Crippen LogP contribution in [0.3, 0.4) is 0 Å². The summed E-state index contributed by atoms with van der Waals surface area (Å²) in [5.41, 5.74) is 1.47. The van der Waals surface area contributed by atoms with Gasteiger partial charge in [-0.3, -0.25) is 4.79 Å². The molecule has 0 unspecified atom stereocenters. The average Bonchev–Trinajstić information content (AvgIpc) is 2.61. The number of ether oxygens (including phenoxy) is 1. The topological polar surface area (TPSA) is 54.5 Å². The van der Waals surface area contributed by atoms with Crippen molar-refractivity contribution in [3.05, 3.63) is 54.2 Å². The Morgan fingerprint density at radius 1 is 1.22 bits per heavy atom. The molecule has 122 valence electrons. The van der Waals surface area contributed by atoms with Gasteiger partial charge in [0.15, 0.2) is 0 Å². The quantitative estimate of drug-likeness (QED) is 0.760. The van der Waals surface area contributed by atoms with Crippen LogP contribution >= 0.6 is 0 Å². The van der Waals surface area contributed by atoms with Crippen molar-refractivity contribution in [2.75, 3.05) is 37.0 Å². The summed E-state index contributed by atoms with van der Waals surface area (Å²) in [4.78, 5) is 18.7. The van der Waals surface area contributed by atoms with Crippen molar-refractivity contribution in [2.45, 2.75) is 13.3 Å². The van der Waals surface area contributed by atoms with E-state index in [1.54, 1.807) is 24.3 Å². The number of carbonyl (C=O) groups is 1. The lowest BCUT2D eigenvalue weighted by molar-refractivity contribution is 0.0988. The van der Waals surface area contributed by atoms with Gasteiger partial charge in [-0.05, 0) is 37.6 Å². The van der Waals surface area contributed by atoms with Crippen LogP contribution < -0.4 is 10.2 Å². The Hall–Kier alpha value is -2.40. The lowest BCUT2D eigenvalue weighted by Gasteiger charge is -2.21. The second kappa shape index (κ2) is 8.90. The number of hydrogen-bond acceptors (Lipinski definition) is 4. The molecule has 0 bridgehead atoms. The SMILES string of the molecule is CCN(C(=O)c1ccc(NCCCOC)nc1)c1ccccc1. The molecule has 0 aliphatic heterocycles. The molecule has 0 aliphatic carbocycles. The van der Waals surface area contributed by atoms with Gasteiger partial charge in [0.1, 0.15) is 5.82 Å². The van der Waals surface area contributed by atoms with E-state index >= 15 is 0 Å². The van der Waals surface area contributed by atoms with Crippen molar-refractivity contribution >= 4 is 17.4 Å². The number of carbonyl (C=O) groups excluding carboxylic acids is 1. The standard InChI is InChI=1S/C18H23N3O2/c1-3-21(16-8-5-4-6-9-16)18(22)15-10-11-17(20-14-15)19-12-7-13-23-2/h4-6,8-11,14H,3,7,12-13H2,1-2H3,(H,19,20). The van der Waals surface area contributed by atoms with E-state index in [0.29, 0.717) is 18.7 Å². The zero-order chi connectivity index (χ0) is 16.5. The van der Waals surface area contributed by atoms with E-state index < -0.39 is 0 Å². The van der Waals surface area contributed by atoms with Gasteiger partial charge in [0.05, 0.1) is 5.56 Å². The Morgan fingerprint density at radius 3 is 2.61 bits per heavy atom. The second-order valence-corrected chi connectivity index (χ2v) is 5.09. The summed E-state index contributed by atoms with van der Waals surface area (Å²) in [6, 6.07) is 13.3. The van der Waals surface area contributed by atoms with Crippen molar-refractivity contribution in [1.29, 1.82) is 0 Å². The van der Waals surface area contributed by atoms with Crippen LogP contribution in [0.15, 0.2) is 48.7 Å². The molecule has 23 heavy (non-hydrogen) atoms. The molecule has 1 aromatic carbocycles. The molecule has 0 spiro atoms. The molecule has 1 heterocycles. The molecule has 1 aromatic heterocycles. The van der Waals surface area contributed by atoms with E-state index in [-0.39, 0.29) is 5.91 Å². The Morgan fingerprint density at radius 2 is 2.00 bits per heavy atom. The fourth-order valence-corrected chi connectivity index (χ4v) is 2.27. The molecule has 0 fully saturated rings. The van der Waals surface area contributed by atoms with Gasteiger partial charge in [-0.15, -0.1) is 0 Å². The first-order valence-corrected chi connectivity index (χ1v) is 7.82. The third kappa shape index (κ3) is 4.79. The minimum Gasteiger partial charge on any atom is -0.385 e. The van der Waals surface area contributed by atoms with Gasteiger partial charge in [-0.2, -0.15) is 0 Å². The molecule has 0 atom stereocenters. The molecule has 5 nitrogen and oxygen atoms in total. The van der Waals surface area contributed by atoms with Gasteiger partial charge in [0.2, 0.25) is 0 Å². The molecule has 0 saturated heterocycles. The number of para-hydroxylation sites is 1. The second-order valence-electron chi connectivity index (χ2n) is 5.09. The molecule has 1 amide bonds. The third-order valence-electron chi connectivity index (χ3n) is 3.47. The Labute approximate surface area is 137 Å². The van der Waals surface area contributed by atoms with Gasteiger partial charge >= 0.3 is 0 Å². The Bertz CT molecular complexity index is 599. The van der Waals surface area contributed by atoms with Crippen LogP contribution in [0.5, 0.6) is 0 Å². The number of nitrogens with one attached hydrogen (secondary N) is 1. The first-order valence-electron chi connectivity index (χ1n) is 7.82. The van der Waals surface area contributed by atoms with E-state index in [1.165, 1.54) is 0 Å². The first kappa shape index (κ1) is 17.0. The van der Waals surface area contributed by atoms with E-state index in [0.717, 1.165) is 24.5 Å². The summed E-state index contributed by atoms with van der Waals surface area (Å²) >= 11 is 0. The number of rotatable bonds is 8. The van der Waals surface area contributed by atoms with E-state index in [1.807, 2.05) is 43.3 Å². The van der Waals surface area contributed by atoms with Crippen LogP contribution in [0.25, 0.3) is 0 Å². The maximum absolute atomic E-state index is 12.6. The third-order valence-corrected chi connectivity index (χ3v) is 3.47. The van der Waals surface area contributed by atoms with Crippen molar-refractivity contribution in [2.24, 2.45) is 0 Å². The fraction of sp³-hybridized carbons (Fsp3) is 0.333. The smallest absolute Gasteiger partial charge is 0.259 e. The number of methoxy groups -OCH3 is 1. The first-order chi connectivity index (χ1) is 11.3. The van der Waals surface area contributed by atoms with Crippen LogP contribution in [-0.4, -0.2) is 37.7 Å². The fourth-order valence-electron chi connectivity index (χ4n) is 2.27. The predicted octanol–water partition coefficient (Wildman–Crippen LogP) is 3.20. The number of amides is 1. The largest absolute Gasteiger partial charge is 0.385 e. The van der Waals surface area contributed by atoms with Crippen molar-refractivity contribution in [1.82, 2.24) is 4.98 Å². The van der Waals surface area contributed by atoms with Crippen LogP contribution in [0.4, 0.5) is 11.5 Å². The molecule has 0 radical (unpaired) electrons. The minimum absolute atomic E-state index is 0.0443. The van der Waals surface area contributed by atoms with E-state index in [2.05, 4.69) is 10.3 Å². The Balaban J connectivity index is 2.01. The van der Waals surface area contributed by atoms with Crippen molar-refractivity contribution in [3.63, 3.8) is 0 Å². The number of nitrogens with zero attached hydrogens (tertiary/aromatic N) is 2. The predicted molar refractivity (Wildman–Crippen MR) is 93.0 cm³/mol. The number of hydrogen-bond donors (Lipinski definition) is 1. The summed E-state index contributed by atoms with van der Waals surface area (Å²) in [5.74, 6) is 0.720. The number of benzene rings is 1. The number of anilines is 2. The maximum atomic E-state index is 12.6. The van der Waals surface area contributed by atoms with Crippen molar-refractivity contribution in [3.8, 4) is 0 Å². The van der Waals surface area contributed by atoms with Gasteiger partial charge in [0, 0.05) is 38.7 Å². The normalized spacial score (nSPS) is 10.3. The van der Waals surface area contributed by atoms with E-state index in [9.17, 15) is 4.79 Å².